The summed E-state index contributed by atoms with van der Waals surface area (Å²) in [4.78, 5) is 0. The highest BCUT2D eigenvalue weighted by Crippen LogP contribution is 2.05. The molecule has 0 bridgehead atoms. The van der Waals surface area contributed by atoms with Crippen LogP contribution in [0.15, 0.2) is 22.8 Å². The lowest BCUT2D eigenvalue weighted by Gasteiger charge is -1.98. The van der Waals surface area contributed by atoms with E-state index in [0.29, 0.717) is 0 Å². The zero-order valence-corrected chi connectivity index (χ0v) is 5.71. The Bertz CT molecular complexity index is 160. The van der Waals surface area contributed by atoms with Crippen LogP contribution in [-0.4, -0.2) is 18.3 Å². The van der Waals surface area contributed by atoms with Crippen molar-refractivity contribution in [2.75, 3.05) is 18.5 Å². The second-order valence-corrected chi connectivity index (χ2v) is 1.98. The van der Waals surface area contributed by atoms with Crippen molar-refractivity contribution < 1.29 is 9.52 Å². The second kappa shape index (κ2) is 3.95. The van der Waals surface area contributed by atoms with Crippen LogP contribution in [0.2, 0.25) is 0 Å². The number of rotatable bonds is 4. The first-order valence-corrected chi connectivity index (χ1v) is 3.31. The van der Waals surface area contributed by atoms with E-state index in [1.54, 1.807) is 6.26 Å². The topological polar surface area (TPSA) is 45.4 Å². The molecule has 3 heteroatoms. The van der Waals surface area contributed by atoms with Gasteiger partial charge in [0.15, 0.2) is 5.88 Å². The minimum absolute atomic E-state index is 0.216. The van der Waals surface area contributed by atoms with Crippen LogP contribution in [0.25, 0.3) is 0 Å². The van der Waals surface area contributed by atoms with Gasteiger partial charge in [-0.15, -0.1) is 0 Å². The maximum Gasteiger partial charge on any atom is 0.192 e. The van der Waals surface area contributed by atoms with E-state index in [1.807, 2.05) is 12.1 Å². The van der Waals surface area contributed by atoms with Crippen molar-refractivity contribution in [2.45, 2.75) is 6.42 Å². The molecule has 0 aliphatic carbocycles. The number of nitrogens with one attached hydrogen (secondary N) is 1. The van der Waals surface area contributed by atoms with Crippen LogP contribution in [0.4, 0.5) is 5.88 Å². The molecule has 0 amide bonds. The second-order valence-electron chi connectivity index (χ2n) is 1.98. The van der Waals surface area contributed by atoms with Gasteiger partial charge < -0.3 is 14.8 Å². The molecule has 2 N–H and O–H groups in total. The van der Waals surface area contributed by atoms with E-state index >= 15 is 0 Å². The van der Waals surface area contributed by atoms with E-state index in [4.69, 9.17) is 9.52 Å². The average molecular weight is 141 g/mol. The molecule has 0 unspecified atom stereocenters. The molecule has 0 aliphatic heterocycles. The molecule has 0 saturated heterocycles. The minimum atomic E-state index is 0.216. The number of anilines is 1. The van der Waals surface area contributed by atoms with Gasteiger partial charge in [-0.3, -0.25) is 0 Å². The Balaban J connectivity index is 2.15. The molecular formula is C7H11NO2. The molecule has 56 valence electrons. The summed E-state index contributed by atoms with van der Waals surface area (Å²) in [7, 11) is 0. The summed E-state index contributed by atoms with van der Waals surface area (Å²) in [5.41, 5.74) is 0. The van der Waals surface area contributed by atoms with Crippen molar-refractivity contribution in [1.82, 2.24) is 0 Å². The number of aliphatic hydroxyl groups excluding tert-OH is 1. The van der Waals surface area contributed by atoms with Gasteiger partial charge in [-0.2, -0.15) is 0 Å². The smallest absolute Gasteiger partial charge is 0.192 e. The van der Waals surface area contributed by atoms with Gasteiger partial charge in [-0.05, 0) is 12.5 Å². The van der Waals surface area contributed by atoms with Crippen molar-refractivity contribution in [3.63, 3.8) is 0 Å². The standard InChI is InChI=1S/C7H11NO2/c9-5-2-4-8-7-3-1-6-10-7/h1,3,6,8-9H,2,4-5H2. The van der Waals surface area contributed by atoms with E-state index in [9.17, 15) is 0 Å². The summed E-state index contributed by atoms with van der Waals surface area (Å²) in [6.07, 6.45) is 2.36. The summed E-state index contributed by atoms with van der Waals surface area (Å²) in [6, 6.07) is 3.67. The van der Waals surface area contributed by atoms with Gasteiger partial charge in [0.2, 0.25) is 0 Å². The SMILES string of the molecule is OCCCNc1ccco1. The maximum atomic E-state index is 8.42. The van der Waals surface area contributed by atoms with Crippen LogP contribution in [-0.2, 0) is 0 Å². The molecule has 1 aromatic rings. The van der Waals surface area contributed by atoms with Crippen molar-refractivity contribution in [3.8, 4) is 0 Å². The van der Waals surface area contributed by atoms with Crippen LogP contribution in [0, 0.1) is 0 Å². The summed E-state index contributed by atoms with van der Waals surface area (Å²) < 4.78 is 4.99. The molecule has 0 atom stereocenters. The highest BCUT2D eigenvalue weighted by Gasteiger charge is 1.90. The molecule has 1 heterocycles. The number of hydrogen-bond acceptors (Lipinski definition) is 3. The third-order valence-corrected chi connectivity index (χ3v) is 1.16. The lowest BCUT2D eigenvalue weighted by molar-refractivity contribution is 0.292. The van der Waals surface area contributed by atoms with E-state index in [-0.39, 0.29) is 6.61 Å². The Morgan fingerprint density at radius 1 is 1.60 bits per heavy atom. The molecule has 1 rings (SSSR count). The molecule has 0 radical (unpaired) electrons. The van der Waals surface area contributed by atoms with Gasteiger partial charge in [0.25, 0.3) is 0 Å². The predicted molar refractivity (Wildman–Crippen MR) is 38.9 cm³/mol. The van der Waals surface area contributed by atoms with Crippen LogP contribution in [0.5, 0.6) is 0 Å². The zero-order chi connectivity index (χ0) is 7.23. The highest BCUT2D eigenvalue weighted by atomic mass is 16.3. The Hall–Kier alpha value is -0.960. The quantitative estimate of drug-likeness (QED) is 0.616. The van der Waals surface area contributed by atoms with E-state index in [1.165, 1.54) is 0 Å². The largest absolute Gasteiger partial charge is 0.449 e. The monoisotopic (exact) mass is 141 g/mol. The minimum Gasteiger partial charge on any atom is -0.449 e. The van der Waals surface area contributed by atoms with Gasteiger partial charge in [0, 0.05) is 19.2 Å². The maximum absolute atomic E-state index is 8.42. The normalized spacial score (nSPS) is 9.70. The molecule has 0 saturated carbocycles. The fraction of sp³-hybridized carbons (Fsp3) is 0.429. The Labute approximate surface area is 59.7 Å². The predicted octanol–water partition coefficient (Wildman–Crippen LogP) is 1.07. The zero-order valence-electron chi connectivity index (χ0n) is 5.71. The molecule has 1 aromatic heterocycles. The summed E-state index contributed by atoms with van der Waals surface area (Å²) in [6.45, 7) is 0.970. The fourth-order valence-corrected chi connectivity index (χ4v) is 0.670. The first-order chi connectivity index (χ1) is 4.93. The van der Waals surface area contributed by atoms with Gasteiger partial charge >= 0.3 is 0 Å². The van der Waals surface area contributed by atoms with Crippen molar-refractivity contribution in [2.24, 2.45) is 0 Å². The summed E-state index contributed by atoms with van der Waals surface area (Å²) in [5.74, 6) is 0.758. The van der Waals surface area contributed by atoms with E-state index < -0.39 is 0 Å². The molecule has 3 nitrogen and oxygen atoms in total. The average Bonchev–Trinajstić information content (AvgIpc) is 2.41. The van der Waals surface area contributed by atoms with Crippen molar-refractivity contribution in [1.29, 1.82) is 0 Å². The van der Waals surface area contributed by atoms with Gasteiger partial charge in [0.05, 0.1) is 6.26 Å². The molecule has 10 heavy (non-hydrogen) atoms. The Morgan fingerprint density at radius 3 is 3.10 bits per heavy atom. The summed E-state index contributed by atoms with van der Waals surface area (Å²) in [5, 5.41) is 11.4. The molecule has 0 spiro atoms. The van der Waals surface area contributed by atoms with Crippen LogP contribution >= 0.6 is 0 Å². The lowest BCUT2D eigenvalue weighted by Crippen LogP contribution is -2.01. The molecule has 0 fully saturated rings. The van der Waals surface area contributed by atoms with Crippen molar-refractivity contribution >= 4 is 5.88 Å². The van der Waals surface area contributed by atoms with Gasteiger partial charge in [-0.1, -0.05) is 0 Å². The molecule has 0 aromatic carbocycles. The van der Waals surface area contributed by atoms with Gasteiger partial charge in [0.1, 0.15) is 0 Å². The first kappa shape index (κ1) is 7.15. The van der Waals surface area contributed by atoms with E-state index in [0.717, 1.165) is 18.8 Å². The molecular weight excluding hydrogens is 130 g/mol. The number of aliphatic hydroxyl groups is 1. The highest BCUT2D eigenvalue weighted by molar-refractivity contribution is 5.29. The third kappa shape index (κ3) is 2.11. The van der Waals surface area contributed by atoms with Gasteiger partial charge in [-0.25, -0.2) is 0 Å². The fourth-order valence-electron chi connectivity index (χ4n) is 0.670. The van der Waals surface area contributed by atoms with E-state index in [2.05, 4.69) is 5.32 Å². The van der Waals surface area contributed by atoms with Crippen LogP contribution in [0.1, 0.15) is 6.42 Å². The van der Waals surface area contributed by atoms with Crippen molar-refractivity contribution in [3.05, 3.63) is 18.4 Å². The summed E-state index contributed by atoms with van der Waals surface area (Å²) >= 11 is 0. The lowest BCUT2D eigenvalue weighted by atomic mass is 10.4. The Morgan fingerprint density at radius 2 is 2.50 bits per heavy atom. The van der Waals surface area contributed by atoms with Crippen LogP contribution in [0.3, 0.4) is 0 Å². The first-order valence-electron chi connectivity index (χ1n) is 3.31. The van der Waals surface area contributed by atoms with Crippen LogP contribution < -0.4 is 5.32 Å². The molecule has 0 aliphatic rings. The number of furan rings is 1. The Kier molecular flexibility index (Phi) is 2.83. The number of hydrogen-bond donors (Lipinski definition) is 2. The third-order valence-electron chi connectivity index (χ3n) is 1.16.